The summed E-state index contributed by atoms with van der Waals surface area (Å²) in [6.07, 6.45) is 7.87. The Balaban J connectivity index is 2.09. The third-order valence-corrected chi connectivity index (χ3v) is 5.38. The van der Waals surface area contributed by atoms with Crippen molar-refractivity contribution < 1.29 is 0 Å². The number of hydrogen-bond donors (Lipinski definition) is 2. The van der Waals surface area contributed by atoms with Gasteiger partial charge in [0.2, 0.25) is 0 Å². The monoisotopic (exact) mass is 345 g/mol. The zero-order valence-electron chi connectivity index (χ0n) is 15.8. The van der Waals surface area contributed by atoms with Crippen molar-refractivity contribution >= 4 is 0 Å². The summed E-state index contributed by atoms with van der Waals surface area (Å²) in [5, 5.41) is 0. The highest BCUT2D eigenvalue weighted by Crippen LogP contribution is 2.44. The third-order valence-electron chi connectivity index (χ3n) is 5.38. The number of nitrogens with two attached hydrogens (primary N) is 2. The Kier molecular flexibility index (Phi) is 6.08. The van der Waals surface area contributed by atoms with Crippen molar-refractivity contribution in [3.05, 3.63) is 101 Å². The molecule has 2 aromatic carbocycles. The predicted octanol–water partition coefficient (Wildman–Crippen LogP) is 4.85. The molecule has 2 heteroatoms. The van der Waals surface area contributed by atoms with Crippen molar-refractivity contribution in [2.75, 3.05) is 0 Å². The summed E-state index contributed by atoms with van der Waals surface area (Å²) in [5.74, 6) is 2.13. The van der Waals surface area contributed by atoms with E-state index in [1.165, 1.54) is 33.7 Å². The van der Waals surface area contributed by atoms with Crippen LogP contribution in [0.4, 0.5) is 0 Å². The Labute approximate surface area is 157 Å². The Bertz CT molecular complexity index is 756. The van der Waals surface area contributed by atoms with Gasteiger partial charge in [0.15, 0.2) is 0 Å². The lowest BCUT2D eigenvalue weighted by molar-refractivity contribution is 0.636. The first-order valence-corrected chi connectivity index (χ1v) is 9.51. The van der Waals surface area contributed by atoms with Crippen molar-refractivity contribution in [3.8, 4) is 0 Å². The largest absolute Gasteiger partial charge is 0.326 e. The van der Waals surface area contributed by atoms with E-state index in [0.717, 1.165) is 6.42 Å². The second-order valence-corrected chi connectivity index (χ2v) is 7.08. The van der Waals surface area contributed by atoms with Gasteiger partial charge in [-0.15, -0.1) is 0 Å². The molecule has 1 aliphatic rings. The Hall–Kier alpha value is -2.16. The van der Waals surface area contributed by atoms with Crippen molar-refractivity contribution in [1.82, 2.24) is 0 Å². The average Bonchev–Trinajstić information content (AvgIpc) is 3.17. The van der Waals surface area contributed by atoms with Crippen LogP contribution in [0.25, 0.3) is 0 Å². The van der Waals surface area contributed by atoms with E-state index >= 15 is 0 Å². The molecule has 2 nitrogen and oxygen atoms in total. The van der Waals surface area contributed by atoms with Gasteiger partial charge in [-0.1, -0.05) is 86.2 Å². The van der Waals surface area contributed by atoms with E-state index in [1.807, 2.05) is 0 Å². The maximum absolute atomic E-state index is 5.91. The highest BCUT2D eigenvalue weighted by Gasteiger charge is 2.30. The first-order chi connectivity index (χ1) is 12.7. The fourth-order valence-corrected chi connectivity index (χ4v) is 3.73. The number of rotatable bonds is 7. The van der Waals surface area contributed by atoms with Crippen molar-refractivity contribution in [3.63, 3.8) is 0 Å². The van der Waals surface area contributed by atoms with Crippen molar-refractivity contribution in [2.45, 2.75) is 39.3 Å². The molecule has 4 N–H and O–H groups in total. The standard InChI is InChI=1S/C24H29N2/c1-3-17(2)22-11-6-12-23(22)24(20-9-4-7-18(13-20)15-25)21-10-5-8-19(14-21)16-26/h4-14,17,24H,3,15-16,25-26H2,1-2H3. The van der Waals surface area contributed by atoms with Gasteiger partial charge in [-0.2, -0.15) is 0 Å². The SMILES string of the molecule is CCC(C)C1=CC=C[C]1C(c1cccc(CN)c1)c1cccc(CN)c1. The summed E-state index contributed by atoms with van der Waals surface area (Å²) in [4.78, 5) is 0. The van der Waals surface area contributed by atoms with Crippen LogP contribution < -0.4 is 11.5 Å². The molecule has 0 aromatic heterocycles. The molecule has 0 saturated carbocycles. The molecule has 1 atom stereocenters. The lowest BCUT2D eigenvalue weighted by atomic mass is 9.74. The van der Waals surface area contributed by atoms with Gasteiger partial charge in [-0.25, -0.2) is 0 Å². The van der Waals surface area contributed by atoms with Gasteiger partial charge in [0.1, 0.15) is 0 Å². The minimum atomic E-state index is 0.201. The van der Waals surface area contributed by atoms with Crippen LogP contribution in [0.15, 0.2) is 72.3 Å². The summed E-state index contributed by atoms with van der Waals surface area (Å²) in [5.41, 5.74) is 18.2. The van der Waals surface area contributed by atoms with Crippen LogP contribution in [0.1, 0.15) is 48.4 Å². The average molecular weight is 346 g/mol. The highest BCUT2D eigenvalue weighted by atomic mass is 14.5. The van der Waals surface area contributed by atoms with E-state index < -0.39 is 0 Å². The third kappa shape index (κ3) is 3.82. The van der Waals surface area contributed by atoms with Crippen LogP contribution in [-0.4, -0.2) is 0 Å². The Morgan fingerprint density at radius 2 is 1.46 bits per heavy atom. The van der Waals surface area contributed by atoms with Gasteiger partial charge < -0.3 is 11.5 Å². The maximum atomic E-state index is 5.91. The molecule has 26 heavy (non-hydrogen) atoms. The lowest BCUT2D eigenvalue weighted by Gasteiger charge is -2.29. The van der Waals surface area contributed by atoms with E-state index in [1.54, 1.807) is 0 Å². The normalized spacial score (nSPS) is 15.5. The highest BCUT2D eigenvalue weighted by molar-refractivity contribution is 5.55. The molecule has 1 aliphatic carbocycles. The van der Waals surface area contributed by atoms with Crippen molar-refractivity contribution in [1.29, 1.82) is 0 Å². The lowest BCUT2D eigenvalue weighted by Crippen LogP contribution is -2.16. The van der Waals surface area contributed by atoms with Crippen molar-refractivity contribution in [2.24, 2.45) is 17.4 Å². The van der Waals surface area contributed by atoms with Gasteiger partial charge in [0.05, 0.1) is 0 Å². The van der Waals surface area contributed by atoms with Gasteiger partial charge in [-0.3, -0.25) is 0 Å². The molecule has 0 spiro atoms. The molecule has 0 amide bonds. The number of allylic oxidation sites excluding steroid dienone is 4. The topological polar surface area (TPSA) is 52.0 Å². The molecule has 0 heterocycles. The molecule has 135 valence electrons. The van der Waals surface area contributed by atoms with Gasteiger partial charge in [0.25, 0.3) is 0 Å². The molecular formula is C24H29N2. The molecule has 0 fully saturated rings. The van der Waals surface area contributed by atoms with E-state index in [2.05, 4.69) is 80.6 Å². The first kappa shape index (κ1) is 18.6. The molecule has 2 aromatic rings. The summed E-state index contributed by atoms with van der Waals surface area (Å²) in [6, 6.07) is 17.3. The number of hydrogen-bond acceptors (Lipinski definition) is 2. The molecule has 3 rings (SSSR count). The molecule has 1 radical (unpaired) electrons. The minimum Gasteiger partial charge on any atom is -0.326 e. The molecule has 0 bridgehead atoms. The second kappa shape index (κ2) is 8.48. The molecule has 1 unspecified atom stereocenters. The number of benzene rings is 2. The van der Waals surface area contributed by atoms with E-state index in [9.17, 15) is 0 Å². The maximum Gasteiger partial charge on any atom is 0.0347 e. The van der Waals surface area contributed by atoms with E-state index in [-0.39, 0.29) is 5.92 Å². The summed E-state index contributed by atoms with van der Waals surface area (Å²) < 4.78 is 0. The Morgan fingerprint density at radius 3 is 1.96 bits per heavy atom. The van der Waals surface area contributed by atoms with E-state index in [4.69, 9.17) is 11.5 Å². The summed E-state index contributed by atoms with van der Waals surface area (Å²) in [6.45, 7) is 5.67. The zero-order chi connectivity index (χ0) is 18.5. The van der Waals surface area contributed by atoms with Gasteiger partial charge in [0, 0.05) is 24.9 Å². The van der Waals surface area contributed by atoms with Crippen LogP contribution in [0.5, 0.6) is 0 Å². The minimum absolute atomic E-state index is 0.201. The fourth-order valence-electron chi connectivity index (χ4n) is 3.73. The van der Waals surface area contributed by atoms with Crippen LogP contribution in [0.3, 0.4) is 0 Å². The van der Waals surface area contributed by atoms with Crippen LogP contribution in [0.2, 0.25) is 0 Å². The second-order valence-electron chi connectivity index (χ2n) is 7.08. The summed E-state index contributed by atoms with van der Waals surface area (Å²) >= 11 is 0. The molecule has 0 aliphatic heterocycles. The van der Waals surface area contributed by atoms with Gasteiger partial charge >= 0.3 is 0 Å². The van der Waals surface area contributed by atoms with Gasteiger partial charge in [-0.05, 0) is 34.6 Å². The van der Waals surface area contributed by atoms with Crippen LogP contribution in [-0.2, 0) is 13.1 Å². The summed E-state index contributed by atoms with van der Waals surface area (Å²) in [7, 11) is 0. The molecule has 0 saturated heterocycles. The van der Waals surface area contributed by atoms with Crippen LogP contribution >= 0.6 is 0 Å². The van der Waals surface area contributed by atoms with Crippen LogP contribution in [0, 0.1) is 11.8 Å². The Morgan fingerprint density at radius 1 is 0.885 bits per heavy atom. The predicted molar refractivity (Wildman–Crippen MR) is 110 cm³/mol. The quantitative estimate of drug-likeness (QED) is 0.753. The first-order valence-electron chi connectivity index (χ1n) is 9.51. The fraction of sp³-hybridized carbons (Fsp3) is 0.292. The van der Waals surface area contributed by atoms with E-state index in [0.29, 0.717) is 19.0 Å². The molecular weight excluding hydrogens is 316 g/mol. The zero-order valence-corrected chi connectivity index (χ0v) is 15.8. The smallest absolute Gasteiger partial charge is 0.0347 e.